The van der Waals surface area contributed by atoms with Crippen LogP contribution < -0.4 is 0 Å². The summed E-state index contributed by atoms with van der Waals surface area (Å²) in [6.07, 6.45) is 13.4. The van der Waals surface area contributed by atoms with Gasteiger partial charge in [-0.2, -0.15) is 0 Å². The van der Waals surface area contributed by atoms with Gasteiger partial charge in [-0.1, -0.05) is 47.6 Å². The number of likely N-dealkylation sites (N-methyl/N-ethyl adjacent to an activating group) is 1. The van der Waals surface area contributed by atoms with Crippen LogP contribution in [0.2, 0.25) is 0 Å². The van der Waals surface area contributed by atoms with Crippen LogP contribution in [0.4, 0.5) is 0 Å². The second kappa shape index (κ2) is 9.47. The van der Waals surface area contributed by atoms with Crippen molar-refractivity contribution in [3.05, 3.63) is 36.3 Å². The Morgan fingerprint density at radius 3 is 2.53 bits per heavy atom. The number of pyridine rings is 1. The molecule has 5 nitrogen and oxygen atoms in total. The van der Waals surface area contributed by atoms with Crippen LogP contribution in [0, 0.1) is 28.6 Å². The van der Waals surface area contributed by atoms with Crippen LogP contribution >= 0.6 is 0 Å². The number of amides is 1. The molecule has 5 heteroatoms. The van der Waals surface area contributed by atoms with E-state index >= 15 is 0 Å². The molecule has 34 heavy (non-hydrogen) atoms. The number of carbonyl (C=O) groups is 1. The van der Waals surface area contributed by atoms with Gasteiger partial charge in [0.1, 0.15) is 5.82 Å². The highest BCUT2D eigenvalue weighted by molar-refractivity contribution is 5.89. The zero-order chi connectivity index (χ0) is 24.7. The van der Waals surface area contributed by atoms with E-state index in [1.165, 1.54) is 32.1 Å². The molecule has 1 aliphatic heterocycles. The Labute approximate surface area is 205 Å². The van der Waals surface area contributed by atoms with Crippen LogP contribution in [0.1, 0.15) is 91.8 Å². The lowest BCUT2D eigenvalue weighted by Gasteiger charge is -2.60. The summed E-state index contributed by atoms with van der Waals surface area (Å²) in [6.45, 7) is 13.0. The van der Waals surface area contributed by atoms with Crippen LogP contribution in [-0.4, -0.2) is 38.8 Å². The maximum absolute atomic E-state index is 12.3. The quantitative estimate of drug-likeness (QED) is 0.509. The normalized spacial score (nSPS) is 38.1. The molecule has 4 aliphatic rings. The van der Waals surface area contributed by atoms with Crippen molar-refractivity contribution in [2.75, 3.05) is 7.05 Å². The lowest BCUT2D eigenvalue weighted by molar-refractivity contribution is -0.138. The first kappa shape index (κ1) is 24.9. The fourth-order valence-electron chi connectivity index (χ4n) is 8.22. The lowest BCUT2D eigenvalue weighted by atomic mass is 9.47. The van der Waals surface area contributed by atoms with Gasteiger partial charge in [0.15, 0.2) is 5.65 Å². The van der Waals surface area contributed by atoms with E-state index in [1.54, 1.807) is 0 Å². The summed E-state index contributed by atoms with van der Waals surface area (Å²) in [6, 6.07) is 4.42. The van der Waals surface area contributed by atoms with Gasteiger partial charge in [0, 0.05) is 30.6 Å². The Balaban J connectivity index is 0.000000652. The van der Waals surface area contributed by atoms with Gasteiger partial charge in [-0.15, -0.1) is 0 Å². The standard InChI is InChI=1S/C25H32N4O.2C2H6/c1-24-12-10-17-15(6-9-20-25(17,2)13-11-21(30)29(20)3)16(24)7-8-18(24)22-27-19-5-4-14-26-23(19)28-22;2*1-2/h4-5,11,13-18,20H,6-10,12H2,1-3H3,(H,26,27,28);2*1-2H3/t15?,16?,17?,18-,20?,24?,25-;;/m1../s1. The Kier molecular flexibility index (Phi) is 6.94. The monoisotopic (exact) mass is 464 g/mol. The van der Waals surface area contributed by atoms with Crippen molar-refractivity contribution in [1.82, 2.24) is 19.9 Å². The second-order valence-electron chi connectivity index (χ2n) is 10.8. The number of fused-ring (bicyclic) bond motifs is 6. The smallest absolute Gasteiger partial charge is 0.246 e. The van der Waals surface area contributed by atoms with E-state index in [0.717, 1.165) is 35.2 Å². The molecule has 0 saturated heterocycles. The number of aromatic nitrogens is 3. The molecule has 3 aliphatic carbocycles. The molecular formula is C29H44N4O. The maximum Gasteiger partial charge on any atom is 0.246 e. The van der Waals surface area contributed by atoms with Gasteiger partial charge in [-0.25, -0.2) is 9.97 Å². The van der Waals surface area contributed by atoms with E-state index < -0.39 is 0 Å². The molecule has 1 amide bonds. The number of hydrogen-bond donors (Lipinski definition) is 1. The third kappa shape index (κ3) is 3.61. The van der Waals surface area contributed by atoms with Crippen molar-refractivity contribution < 1.29 is 4.79 Å². The van der Waals surface area contributed by atoms with E-state index in [9.17, 15) is 4.79 Å². The third-order valence-corrected chi connectivity index (χ3v) is 9.73. The Morgan fingerprint density at radius 2 is 1.79 bits per heavy atom. The zero-order valence-electron chi connectivity index (χ0n) is 22.3. The number of rotatable bonds is 1. The van der Waals surface area contributed by atoms with Gasteiger partial charge in [-0.3, -0.25) is 4.79 Å². The molecule has 3 heterocycles. The average Bonchev–Trinajstić information content (AvgIpc) is 3.44. The molecule has 186 valence electrons. The van der Waals surface area contributed by atoms with Crippen LogP contribution in [0.5, 0.6) is 0 Å². The first-order valence-electron chi connectivity index (χ1n) is 13.7. The molecule has 1 N–H and O–H groups in total. The lowest BCUT2D eigenvalue weighted by Crippen LogP contribution is -2.59. The van der Waals surface area contributed by atoms with Crippen molar-refractivity contribution in [2.24, 2.45) is 28.6 Å². The first-order valence-corrected chi connectivity index (χ1v) is 13.7. The van der Waals surface area contributed by atoms with Crippen molar-refractivity contribution in [2.45, 2.75) is 92.0 Å². The molecule has 0 radical (unpaired) electrons. The molecular weight excluding hydrogens is 420 g/mol. The Morgan fingerprint density at radius 1 is 1.03 bits per heavy atom. The van der Waals surface area contributed by atoms with Crippen LogP contribution in [0.25, 0.3) is 11.2 Å². The number of hydrogen-bond acceptors (Lipinski definition) is 3. The predicted molar refractivity (Wildman–Crippen MR) is 139 cm³/mol. The van der Waals surface area contributed by atoms with Gasteiger partial charge < -0.3 is 9.88 Å². The van der Waals surface area contributed by atoms with Crippen LogP contribution in [0.3, 0.4) is 0 Å². The molecule has 5 unspecified atom stereocenters. The van der Waals surface area contributed by atoms with Gasteiger partial charge in [0.2, 0.25) is 5.91 Å². The van der Waals surface area contributed by atoms with Crippen molar-refractivity contribution in [3.8, 4) is 0 Å². The Bertz CT molecular complexity index is 1010. The molecule has 6 rings (SSSR count). The molecule has 0 aromatic carbocycles. The summed E-state index contributed by atoms with van der Waals surface area (Å²) in [4.78, 5) is 27.3. The molecule has 7 atom stereocenters. The maximum atomic E-state index is 12.3. The van der Waals surface area contributed by atoms with Crippen molar-refractivity contribution >= 4 is 17.1 Å². The summed E-state index contributed by atoms with van der Waals surface area (Å²) in [5.41, 5.74) is 2.33. The largest absolute Gasteiger partial charge is 0.340 e. The topological polar surface area (TPSA) is 61.9 Å². The summed E-state index contributed by atoms with van der Waals surface area (Å²) >= 11 is 0. The van der Waals surface area contributed by atoms with Crippen LogP contribution in [-0.2, 0) is 4.79 Å². The van der Waals surface area contributed by atoms with E-state index in [4.69, 9.17) is 4.98 Å². The fourth-order valence-corrected chi connectivity index (χ4v) is 8.22. The minimum Gasteiger partial charge on any atom is -0.340 e. The Hall–Kier alpha value is -2.17. The van der Waals surface area contributed by atoms with Crippen molar-refractivity contribution in [1.29, 1.82) is 0 Å². The summed E-state index contributed by atoms with van der Waals surface area (Å²) < 4.78 is 0. The summed E-state index contributed by atoms with van der Waals surface area (Å²) in [5.74, 6) is 4.00. The fraction of sp³-hybridized carbons (Fsp3) is 0.690. The average molecular weight is 465 g/mol. The molecule has 0 spiro atoms. The summed E-state index contributed by atoms with van der Waals surface area (Å²) in [5, 5.41) is 0. The predicted octanol–water partition coefficient (Wildman–Crippen LogP) is 6.73. The number of nitrogens with one attached hydrogen (secondary N) is 1. The minimum atomic E-state index is 0.119. The second-order valence-corrected chi connectivity index (χ2v) is 10.8. The summed E-state index contributed by atoms with van der Waals surface area (Å²) in [7, 11) is 2.00. The number of aromatic amines is 1. The van der Waals surface area contributed by atoms with Crippen molar-refractivity contribution in [3.63, 3.8) is 0 Å². The molecule has 3 saturated carbocycles. The number of imidazole rings is 1. The number of nitrogens with zero attached hydrogens (tertiary/aromatic N) is 3. The molecule has 0 bridgehead atoms. The number of H-pyrrole nitrogens is 1. The van der Waals surface area contributed by atoms with Crippen LogP contribution in [0.15, 0.2) is 30.5 Å². The van der Waals surface area contributed by atoms with Gasteiger partial charge >= 0.3 is 0 Å². The van der Waals surface area contributed by atoms with E-state index in [-0.39, 0.29) is 11.3 Å². The highest BCUT2D eigenvalue weighted by Gasteiger charge is 2.60. The molecule has 3 fully saturated rings. The van der Waals surface area contributed by atoms with E-state index in [0.29, 0.717) is 23.3 Å². The molecule has 2 aromatic rings. The van der Waals surface area contributed by atoms with E-state index in [2.05, 4.69) is 36.0 Å². The SMILES string of the molecule is CC.CC.CN1C(=O)C=C[C@]2(C)C3CCC4(C)C(CC[C@@H]4c4nc5ncccc5[nH]4)C3CCC12. The zero-order valence-corrected chi connectivity index (χ0v) is 22.3. The van der Waals surface area contributed by atoms with Gasteiger partial charge in [-0.05, 0) is 79.9 Å². The van der Waals surface area contributed by atoms with Gasteiger partial charge in [0.05, 0.1) is 5.52 Å². The van der Waals surface area contributed by atoms with Gasteiger partial charge in [0.25, 0.3) is 0 Å². The number of carbonyl (C=O) groups excluding carboxylic acids is 1. The minimum absolute atomic E-state index is 0.119. The molecule has 2 aromatic heterocycles. The third-order valence-electron chi connectivity index (χ3n) is 9.73. The van der Waals surface area contributed by atoms with E-state index in [1.807, 2.05) is 58.0 Å². The first-order chi connectivity index (χ1) is 16.4. The highest BCUT2D eigenvalue weighted by atomic mass is 16.2. The highest BCUT2D eigenvalue weighted by Crippen LogP contribution is 2.67.